The van der Waals surface area contributed by atoms with Crippen molar-refractivity contribution < 1.29 is 4.42 Å². The molecule has 0 aromatic carbocycles. The maximum atomic E-state index is 11.4. The smallest absolute Gasteiger partial charge is 0.266 e. The molecule has 3 aromatic heterocycles. The van der Waals surface area contributed by atoms with Gasteiger partial charge in [-0.2, -0.15) is 0 Å². The molecule has 3 heterocycles. The molecule has 0 aliphatic heterocycles. The third-order valence-electron chi connectivity index (χ3n) is 3.29. The molecule has 0 amide bonds. The van der Waals surface area contributed by atoms with Crippen LogP contribution in [0.25, 0.3) is 17.0 Å². The Balaban J connectivity index is 2.23. The molecule has 0 spiro atoms. The quantitative estimate of drug-likeness (QED) is 0.677. The first-order valence-electron chi connectivity index (χ1n) is 6.59. The zero-order valence-corrected chi connectivity index (χ0v) is 13.1. The minimum absolute atomic E-state index is 0.0884. The molecule has 0 aliphatic carbocycles. The lowest BCUT2D eigenvalue weighted by molar-refractivity contribution is 0.396. The molecule has 0 saturated heterocycles. The lowest BCUT2D eigenvalue weighted by Gasteiger charge is -2.13. The van der Waals surface area contributed by atoms with Crippen LogP contribution in [0.4, 0.5) is 0 Å². The van der Waals surface area contributed by atoms with Crippen molar-refractivity contribution in [3.05, 3.63) is 38.8 Å². The van der Waals surface area contributed by atoms with E-state index in [1.807, 2.05) is 13.0 Å². The highest BCUT2D eigenvalue weighted by Gasteiger charge is 2.21. The fraction of sp³-hybridized carbons (Fsp3) is 0.357. The molecule has 110 valence electrons. The lowest BCUT2D eigenvalue weighted by atomic mass is 9.93. The zero-order chi connectivity index (χ0) is 15.4. The van der Waals surface area contributed by atoms with Crippen LogP contribution in [0.1, 0.15) is 32.3 Å². The standard InChI is InChI=1S/C14H16N4O2S/c1-7-8(5-9(20-7)14(2,3)4)12-15-10-6-11(19)17-18(10)13(21)16-12/h5-6H,1-4H3,(H,17,19)(H,15,16,21). The summed E-state index contributed by atoms with van der Waals surface area (Å²) in [7, 11) is 0. The SMILES string of the molecule is Cc1oc(C(C)(C)C)cc1-c1nc(=S)n2[nH]c(=O)cc2[nH]1. The van der Waals surface area contributed by atoms with E-state index >= 15 is 0 Å². The fourth-order valence-corrected chi connectivity index (χ4v) is 2.38. The molecule has 3 rings (SSSR count). The predicted octanol–water partition coefficient (Wildman–Crippen LogP) is 2.95. The number of aromatic nitrogens is 4. The Morgan fingerprint density at radius 2 is 2.05 bits per heavy atom. The molecule has 0 aliphatic rings. The second-order valence-corrected chi connectivity index (χ2v) is 6.40. The summed E-state index contributed by atoms with van der Waals surface area (Å²) in [5.41, 5.74) is 1.11. The van der Waals surface area contributed by atoms with Crippen molar-refractivity contribution in [1.29, 1.82) is 0 Å². The van der Waals surface area contributed by atoms with E-state index in [9.17, 15) is 4.79 Å². The van der Waals surface area contributed by atoms with Gasteiger partial charge in [-0.15, -0.1) is 0 Å². The van der Waals surface area contributed by atoms with Crippen LogP contribution >= 0.6 is 12.2 Å². The van der Waals surface area contributed by atoms with Crippen molar-refractivity contribution in [2.45, 2.75) is 33.1 Å². The Labute approximate surface area is 125 Å². The highest BCUT2D eigenvalue weighted by atomic mass is 32.1. The van der Waals surface area contributed by atoms with Gasteiger partial charge in [0.1, 0.15) is 23.0 Å². The van der Waals surface area contributed by atoms with Crippen molar-refractivity contribution in [2.24, 2.45) is 0 Å². The van der Waals surface area contributed by atoms with E-state index in [1.165, 1.54) is 10.6 Å². The topological polar surface area (TPSA) is 79.1 Å². The second kappa shape index (κ2) is 4.42. The average molecular weight is 304 g/mol. The van der Waals surface area contributed by atoms with Gasteiger partial charge in [-0.05, 0) is 25.2 Å². The Morgan fingerprint density at radius 1 is 1.33 bits per heavy atom. The number of aryl methyl sites for hydroxylation is 1. The maximum Gasteiger partial charge on any atom is 0.266 e. The fourth-order valence-electron chi connectivity index (χ4n) is 2.14. The molecule has 7 heteroatoms. The first-order valence-corrected chi connectivity index (χ1v) is 7.00. The molecular weight excluding hydrogens is 288 g/mol. The molecule has 0 fully saturated rings. The number of furan rings is 1. The Bertz CT molecular complexity index is 936. The van der Waals surface area contributed by atoms with Crippen LogP contribution in [-0.2, 0) is 5.41 Å². The summed E-state index contributed by atoms with van der Waals surface area (Å²) in [6.07, 6.45) is 0. The van der Waals surface area contributed by atoms with Gasteiger partial charge in [-0.25, -0.2) is 9.50 Å². The molecule has 0 saturated carbocycles. The molecule has 6 nitrogen and oxygen atoms in total. The van der Waals surface area contributed by atoms with E-state index in [-0.39, 0.29) is 11.0 Å². The summed E-state index contributed by atoms with van der Waals surface area (Å²) < 4.78 is 7.56. The van der Waals surface area contributed by atoms with E-state index in [2.05, 4.69) is 35.8 Å². The van der Waals surface area contributed by atoms with Crippen LogP contribution in [0.5, 0.6) is 0 Å². The van der Waals surface area contributed by atoms with Gasteiger partial charge in [0.05, 0.1) is 5.56 Å². The third-order valence-corrected chi connectivity index (χ3v) is 3.56. The van der Waals surface area contributed by atoms with Crippen molar-refractivity contribution >= 4 is 17.9 Å². The van der Waals surface area contributed by atoms with Gasteiger partial charge < -0.3 is 9.40 Å². The largest absolute Gasteiger partial charge is 0.465 e. The van der Waals surface area contributed by atoms with Crippen LogP contribution < -0.4 is 5.56 Å². The molecule has 21 heavy (non-hydrogen) atoms. The van der Waals surface area contributed by atoms with Crippen molar-refractivity contribution in [3.63, 3.8) is 0 Å². The minimum Gasteiger partial charge on any atom is -0.465 e. The summed E-state index contributed by atoms with van der Waals surface area (Å²) >= 11 is 5.21. The Hall–Kier alpha value is -2.15. The van der Waals surface area contributed by atoms with Crippen LogP contribution in [-0.4, -0.2) is 19.6 Å². The van der Waals surface area contributed by atoms with Gasteiger partial charge in [0.15, 0.2) is 0 Å². The van der Waals surface area contributed by atoms with E-state index < -0.39 is 0 Å². The van der Waals surface area contributed by atoms with Crippen LogP contribution in [0.15, 0.2) is 21.3 Å². The third kappa shape index (κ3) is 2.33. The summed E-state index contributed by atoms with van der Waals surface area (Å²) in [5.74, 6) is 2.23. The summed E-state index contributed by atoms with van der Waals surface area (Å²) in [5, 5.41) is 2.59. The zero-order valence-electron chi connectivity index (χ0n) is 12.3. The summed E-state index contributed by atoms with van der Waals surface area (Å²) in [6.45, 7) is 8.13. The summed E-state index contributed by atoms with van der Waals surface area (Å²) in [6, 6.07) is 3.41. The number of hydrogen-bond donors (Lipinski definition) is 2. The van der Waals surface area contributed by atoms with E-state index in [1.54, 1.807) is 0 Å². The molecular formula is C14H16N4O2S. The van der Waals surface area contributed by atoms with Gasteiger partial charge in [0.2, 0.25) is 4.77 Å². The Kier molecular flexibility index (Phi) is 2.91. The molecule has 0 radical (unpaired) electrons. The molecule has 2 N–H and O–H groups in total. The number of fused-ring (bicyclic) bond motifs is 1. The van der Waals surface area contributed by atoms with Crippen LogP contribution in [0.3, 0.4) is 0 Å². The van der Waals surface area contributed by atoms with Crippen LogP contribution in [0, 0.1) is 11.7 Å². The van der Waals surface area contributed by atoms with Gasteiger partial charge in [-0.3, -0.25) is 9.89 Å². The number of H-pyrrole nitrogens is 2. The number of nitrogens with zero attached hydrogens (tertiary/aromatic N) is 2. The number of rotatable bonds is 1. The van der Waals surface area contributed by atoms with Gasteiger partial charge >= 0.3 is 0 Å². The molecule has 0 bridgehead atoms. The van der Waals surface area contributed by atoms with Gasteiger partial charge in [0, 0.05) is 11.5 Å². The van der Waals surface area contributed by atoms with Crippen molar-refractivity contribution in [2.75, 3.05) is 0 Å². The lowest BCUT2D eigenvalue weighted by Crippen LogP contribution is -2.09. The monoisotopic (exact) mass is 304 g/mol. The van der Waals surface area contributed by atoms with E-state index in [0.717, 1.165) is 17.1 Å². The van der Waals surface area contributed by atoms with Gasteiger partial charge in [-0.1, -0.05) is 20.8 Å². The predicted molar refractivity (Wildman–Crippen MR) is 82.1 cm³/mol. The highest BCUT2D eigenvalue weighted by Crippen LogP contribution is 2.31. The number of nitrogens with one attached hydrogen (secondary N) is 2. The van der Waals surface area contributed by atoms with Crippen LogP contribution in [0.2, 0.25) is 0 Å². The van der Waals surface area contributed by atoms with E-state index in [4.69, 9.17) is 16.6 Å². The second-order valence-electron chi connectivity index (χ2n) is 6.04. The average Bonchev–Trinajstić information content (AvgIpc) is 2.91. The number of hydrogen-bond acceptors (Lipinski definition) is 4. The van der Waals surface area contributed by atoms with Gasteiger partial charge in [0.25, 0.3) is 5.56 Å². The molecule has 0 unspecified atom stereocenters. The highest BCUT2D eigenvalue weighted by molar-refractivity contribution is 7.71. The summed E-state index contributed by atoms with van der Waals surface area (Å²) in [4.78, 5) is 18.8. The first kappa shape index (κ1) is 13.8. The first-order chi connectivity index (χ1) is 9.75. The van der Waals surface area contributed by atoms with Crippen molar-refractivity contribution in [1.82, 2.24) is 19.6 Å². The number of aromatic amines is 2. The molecule has 0 atom stereocenters. The minimum atomic E-state index is -0.226. The van der Waals surface area contributed by atoms with E-state index in [0.29, 0.717) is 16.2 Å². The maximum absolute atomic E-state index is 11.4. The Morgan fingerprint density at radius 3 is 2.67 bits per heavy atom. The van der Waals surface area contributed by atoms with Crippen molar-refractivity contribution in [3.8, 4) is 11.4 Å². The normalized spacial score (nSPS) is 12.2. The molecule has 3 aromatic rings.